The number of aromatic nitrogens is 2. The second kappa shape index (κ2) is 6.72. The van der Waals surface area contributed by atoms with Gasteiger partial charge in [0.05, 0.1) is 17.4 Å². The van der Waals surface area contributed by atoms with Crippen molar-refractivity contribution in [1.29, 1.82) is 0 Å². The molecule has 6 heteroatoms. The van der Waals surface area contributed by atoms with Crippen molar-refractivity contribution < 1.29 is 4.79 Å². The first-order chi connectivity index (χ1) is 10.5. The minimum atomic E-state index is -0.297. The van der Waals surface area contributed by atoms with Gasteiger partial charge in [0.2, 0.25) is 0 Å². The van der Waals surface area contributed by atoms with E-state index in [9.17, 15) is 4.79 Å². The van der Waals surface area contributed by atoms with Crippen LogP contribution in [0.15, 0.2) is 36.7 Å². The van der Waals surface area contributed by atoms with Crippen molar-refractivity contribution in [2.45, 2.75) is 32.2 Å². The Labute approximate surface area is 142 Å². The van der Waals surface area contributed by atoms with Crippen LogP contribution in [-0.4, -0.2) is 27.8 Å². The Kier molecular flexibility index (Phi) is 5.12. The summed E-state index contributed by atoms with van der Waals surface area (Å²) >= 11 is 0. The molecule has 1 amide bonds. The van der Waals surface area contributed by atoms with Gasteiger partial charge in [-0.2, -0.15) is 5.10 Å². The van der Waals surface area contributed by atoms with Crippen LogP contribution in [0.1, 0.15) is 35.7 Å². The maximum absolute atomic E-state index is 12.4. The van der Waals surface area contributed by atoms with Crippen LogP contribution >= 0.6 is 12.4 Å². The first-order valence-corrected chi connectivity index (χ1v) is 7.66. The van der Waals surface area contributed by atoms with Crippen molar-refractivity contribution in [3.8, 4) is 5.69 Å². The number of hydrogen-bond acceptors (Lipinski definition) is 3. The van der Waals surface area contributed by atoms with Crippen LogP contribution in [0.5, 0.6) is 0 Å². The van der Waals surface area contributed by atoms with E-state index in [-0.39, 0.29) is 23.9 Å². The first kappa shape index (κ1) is 17.5. The lowest BCUT2D eigenvalue weighted by molar-refractivity contribution is 0.0898. The van der Waals surface area contributed by atoms with Gasteiger partial charge in [-0.05, 0) is 62.4 Å². The molecular weight excluding hydrogens is 312 g/mol. The van der Waals surface area contributed by atoms with Gasteiger partial charge < -0.3 is 11.1 Å². The van der Waals surface area contributed by atoms with Gasteiger partial charge >= 0.3 is 0 Å². The number of hydrogen-bond donors (Lipinski definition) is 2. The van der Waals surface area contributed by atoms with Gasteiger partial charge in [-0.25, -0.2) is 4.68 Å². The zero-order chi connectivity index (χ0) is 15.7. The molecule has 1 aromatic carbocycles. The van der Waals surface area contributed by atoms with E-state index in [0.717, 1.165) is 24.1 Å². The summed E-state index contributed by atoms with van der Waals surface area (Å²) in [6.45, 7) is 4.49. The third kappa shape index (κ3) is 3.74. The van der Waals surface area contributed by atoms with E-state index in [0.29, 0.717) is 18.0 Å². The number of halogens is 1. The van der Waals surface area contributed by atoms with Crippen molar-refractivity contribution in [1.82, 2.24) is 15.1 Å². The zero-order valence-corrected chi connectivity index (χ0v) is 14.3. The Balaban J connectivity index is 0.00000192. The van der Waals surface area contributed by atoms with Crippen LogP contribution in [0.4, 0.5) is 0 Å². The van der Waals surface area contributed by atoms with Crippen molar-refractivity contribution in [2.24, 2.45) is 11.7 Å². The molecule has 1 atom stereocenters. The fourth-order valence-corrected chi connectivity index (χ4v) is 2.69. The number of nitrogens with zero attached hydrogens (tertiary/aromatic N) is 2. The smallest absolute Gasteiger partial charge is 0.251 e. The predicted octanol–water partition coefficient (Wildman–Crippen LogP) is 2.46. The SMILES string of the molecule is Cc1cnn(-c2ccc(C(=O)NC(C)(CN)C3CC3)cc2)c1.Cl. The molecule has 1 saturated carbocycles. The number of carbonyl (C=O) groups is 1. The zero-order valence-electron chi connectivity index (χ0n) is 13.5. The molecule has 1 aliphatic rings. The standard InChI is InChI=1S/C17H22N4O.ClH/c1-12-9-19-21(10-12)15-7-3-13(4-8-15)16(22)20-17(2,11-18)14-5-6-14;/h3-4,7-10,14H,5-6,11,18H2,1-2H3,(H,20,22);1H. The third-order valence-electron chi connectivity index (χ3n) is 4.41. The van der Waals surface area contributed by atoms with E-state index in [2.05, 4.69) is 10.4 Å². The van der Waals surface area contributed by atoms with E-state index in [1.54, 1.807) is 4.68 Å². The van der Waals surface area contributed by atoms with Crippen molar-refractivity contribution in [3.63, 3.8) is 0 Å². The molecule has 1 heterocycles. The summed E-state index contributed by atoms with van der Waals surface area (Å²) in [6, 6.07) is 7.45. The van der Waals surface area contributed by atoms with Crippen LogP contribution in [0.25, 0.3) is 5.69 Å². The molecule has 124 valence electrons. The highest BCUT2D eigenvalue weighted by Gasteiger charge is 2.41. The fraction of sp³-hybridized carbons (Fsp3) is 0.412. The van der Waals surface area contributed by atoms with E-state index in [4.69, 9.17) is 5.73 Å². The van der Waals surface area contributed by atoms with Crippen molar-refractivity contribution in [2.75, 3.05) is 6.54 Å². The van der Waals surface area contributed by atoms with Crippen LogP contribution in [0.2, 0.25) is 0 Å². The minimum Gasteiger partial charge on any atom is -0.345 e. The van der Waals surface area contributed by atoms with Crippen LogP contribution in [0.3, 0.4) is 0 Å². The summed E-state index contributed by atoms with van der Waals surface area (Å²) in [5.41, 5.74) is 8.24. The Morgan fingerprint density at radius 1 is 1.39 bits per heavy atom. The first-order valence-electron chi connectivity index (χ1n) is 7.66. The predicted molar refractivity (Wildman–Crippen MR) is 93.2 cm³/mol. The van der Waals surface area contributed by atoms with E-state index < -0.39 is 0 Å². The van der Waals surface area contributed by atoms with E-state index in [1.807, 2.05) is 50.5 Å². The maximum Gasteiger partial charge on any atom is 0.251 e. The van der Waals surface area contributed by atoms with Crippen LogP contribution in [-0.2, 0) is 0 Å². The van der Waals surface area contributed by atoms with Crippen molar-refractivity contribution in [3.05, 3.63) is 47.8 Å². The number of amides is 1. The van der Waals surface area contributed by atoms with Crippen molar-refractivity contribution >= 4 is 18.3 Å². The van der Waals surface area contributed by atoms with Gasteiger partial charge in [-0.3, -0.25) is 4.79 Å². The van der Waals surface area contributed by atoms with Gasteiger partial charge in [-0.1, -0.05) is 0 Å². The van der Waals surface area contributed by atoms with Gasteiger partial charge in [0, 0.05) is 18.3 Å². The molecule has 0 radical (unpaired) electrons. The number of rotatable bonds is 5. The molecule has 1 fully saturated rings. The minimum absolute atomic E-state index is 0. The van der Waals surface area contributed by atoms with E-state index in [1.165, 1.54) is 0 Å². The highest BCUT2D eigenvalue weighted by atomic mass is 35.5. The topological polar surface area (TPSA) is 72.9 Å². The summed E-state index contributed by atoms with van der Waals surface area (Å²) in [6.07, 6.45) is 6.05. The summed E-state index contributed by atoms with van der Waals surface area (Å²) in [7, 11) is 0. The molecule has 1 aliphatic carbocycles. The molecule has 5 nitrogen and oxygen atoms in total. The molecule has 0 spiro atoms. The lowest BCUT2D eigenvalue weighted by Crippen LogP contribution is -2.53. The molecule has 23 heavy (non-hydrogen) atoms. The van der Waals surface area contributed by atoms with E-state index >= 15 is 0 Å². The highest BCUT2D eigenvalue weighted by molar-refractivity contribution is 5.94. The Bertz CT molecular complexity index is 678. The molecule has 0 bridgehead atoms. The number of aryl methyl sites for hydroxylation is 1. The lowest BCUT2D eigenvalue weighted by atomic mass is 9.95. The molecule has 0 saturated heterocycles. The quantitative estimate of drug-likeness (QED) is 0.882. The average molecular weight is 335 g/mol. The third-order valence-corrected chi connectivity index (χ3v) is 4.41. The molecule has 1 aromatic heterocycles. The largest absolute Gasteiger partial charge is 0.345 e. The highest BCUT2D eigenvalue weighted by Crippen LogP contribution is 2.39. The summed E-state index contributed by atoms with van der Waals surface area (Å²) in [4.78, 5) is 12.4. The summed E-state index contributed by atoms with van der Waals surface area (Å²) in [5.74, 6) is 0.441. The molecule has 2 aromatic rings. The Morgan fingerprint density at radius 3 is 2.52 bits per heavy atom. The number of benzene rings is 1. The van der Waals surface area contributed by atoms with Gasteiger partial charge in [0.1, 0.15) is 0 Å². The summed E-state index contributed by atoms with van der Waals surface area (Å²) in [5, 5.41) is 7.36. The number of carbonyl (C=O) groups excluding carboxylic acids is 1. The second-order valence-electron chi connectivity index (χ2n) is 6.36. The normalized spacial score (nSPS) is 16.3. The molecule has 3 rings (SSSR count). The number of nitrogens with one attached hydrogen (secondary N) is 1. The van der Waals surface area contributed by atoms with Crippen LogP contribution < -0.4 is 11.1 Å². The molecule has 1 unspecified atom stereocenters. The van der Waals surface area contributed by atoms with Gasteiger partial charge in [-0.15, -0.1) is 12.4 Å². The molecule has 0 aliphatic heterocycles. The van der Waals surface area contributed by atoms with Crippen LogP contribution in [0, 0.1) is 12.8 Å². The second-order valence-corrected chi connectivity index (χ2v) is 6.36. The molecular formula is C17H23ClN4O. The summed E-state index contributed by atoms with van der Waals surface area (Å²) < 4.78 is 1.80. The average Bonchev–Trinajstić information content (AvgIpc) is 3.30. The Morgan fingerprint density at radius 2 is 2.04 bits per heavy atom. The Hall–Kier alpha value is -1.85. The monoisotopic (exact) mass is 334 g/mol. The van der Waals surface area contributed by atoms with Gasteiger partial charge in [0.15, 0.2) is 0 Å². The van der Waals surface area contributed by atoms with Gasteiger partial charge in [0.25, 0.3) is 5.91 Å². The fourth-order valence-electron chi connectivity index (χ4n) is 2.69. The maximum atomic E-state index is 12.4. The molecule has 3 N–H and O–H groups in total. The lowest BCUT2D eigenvalue weighted by Gasteiger charge is -2.29. The number of nitrogens with two attached hydrogens (primary N) is 1.